The molecule has 0 bridgehead atoms. The quantitative estimate of drug-likeness (QED) is 0.551. The SMILES string of the molecule is CC(Sc1nc2sccc2c(=O)[nH]1)C(=O)NCc1ccccc1. The van der Waals surface area contributed by atoms with Crippen LogP contribution in [0.4, 0.5) is 0 Å². The van der Waals surface area contributed by atoms with Gasteiger partial charge in [0, 0.05) is 6.54 Å². The van der Waals surface area contributed by atoms with Gasteiger partial charge in [-0.2, -0.15) is 0 Å². The molecular weight excluding hydrogens is 330 g/mol. The van der Waals surface area contributed by atoms with Crippen LogP contribution in [0, 0.1) is 0 Å². The summed E-state index contributed by atoms with van der Waals surface area (Å²) < 4.78 is 0. The van der Waals surface area contributed by atoms with Gasteiger partial charge in [0.2, 0.25) is 5.91 Å². The van der Waals surface area contributed by atoms with E-state index >= 15 is 0 Å². The van der Waals surface area contributed by atoms with Crippen molar-refractivity contribution in [1.29, 1.82) is 0 Å². The number of thiophene rings is 1. The molecule has 5 nitrogen and oxygen atoms in total. The maximum atomic E-state index is 12.2. The van der Waals surface area contributed by atoms with Crippen LogP contribution in [0.1, 0.15) is 12.5 Å². The van der Waals surface area contributed by atoms with Crippen molar-refractivity contribution in [3.8, 4) is 0 Å². The number of benzene rings is 1. The van der Waals surface area contributed by atoms with Crippen molar-refractivity contribution in [3.63, 3.8) is 0 Å². The van der Waals surface area contributed by atoms with Crippen molar-refractivity contribution in [2.24, 2.45) is 0 Å². The summed E-state index contributed by atoms with van der Waals surface area (Å²) in [4.78, 5) is 31.9. The zero-order valence-corrected chi connectivity index (χ0v) is 14.0. The summed E-state index contributed by atoms with van der Waals surface area (Å²) in [7, 11) is 0. The van der Waals surface area contributed by atoms with Crippen molar-refractivity contribution in [2.75, 3.05) is 0 Å². The number of amides is 1. The Labute approximate surface area is 141 Å². The highest BCUT2D eigenvalue weighted by Crippen LogP contribution is 2.22. The molecule has 0 aliphatic heterocycles. The van der Waals surface area contributed by atoms with Crippen LogP contribution < -0.4 is 10.9 Å². The lowest BCUT2D eigenvalue weighted by atomic mass is 10.2. The van der Waals surface area contributed by atoms with Crippen LogP contribution in [0.25, 0.3) is 10.2 Å². The van der Waals surface area contributed by atoms with Crippen LogP contribution in [0.3, 0.4) is 0 Å². The Morgan fingerprint density at radius 3 is 2.91 bits per heavy atom. The van der Waals surface area contributed by atoms with Crippen LogP contribution in [0.15, 0.2) is 51.7 Å². The normalized spacial score (nSPS) is 12.2. The van der Waals surface area contributed by atoms with E-state index < -0.39 is 0 Å². The monoisotopic (exact) mass is 345 g/mol. The average molecular weight is 345 g/mol. The highest BCUT2D eigenvalue weighted by atomic mass is 32.2. The first-order valence-electron chi connectivity index (χ1n) is 7.09. The van der Waals surface area contributed by atoms with E-state index in [-0.39, 0.29) is 16.7 Å². The predicted molar refractivity (Wildman–Crippen MR) is 93.8 cm³/mol. The average Bonchev–Trinajstić information content (AvgIpc) is 3.02. The molecular formula is C16H15N3O2S2. The first-order chi connectivity index (χ1) is 11.1. The number of carbonyl (C=O) groups is 1. The van der Waals surface area contributed by atoms with Gasteiger partial charge in [0.15, 0.2) is 5.16 Å². The first-order valence-corrected chi connectivity index (χ1v) is 8.85. The Hall–Kier alpha value is -2.12. The molecule has 3 rings (SSSR count). The number of rotatable bonds is 5. The molecule has 0 saturated carbocycles. The lowest BCUT2D eigenvalue weighted by molar-refractivity contribution is -0.120. The van der Waals surface area contributed by atoms with Gasteiger partial charge in [-0.3, -0.25) is 9.59 Å². The molecule has 23 heavy (non-hydrogen) atoms. The number of thioether (sulfide) groups is 1. The van der Waals surface area contributed by atoms with E-state index in [0.717, 1.165) is 5.56 Å². The summed E-state index contributed by atoms with van der Waals surface area (Å²) in [6.45, 7) is 2.28. The number of hydrogen-bond acceptors (Lipinski definition) is 5. The van der Waals surface area contributed by atoms with E-state index in [1.165, 1.54) is 23.1 Å². The van der Waals surface area contributed by atoms with Gasteiger partial charge in [-0.1, -0.05) is 42.1 Å². The molecule has 0 spiro atoms. The number of nitrogens with one attached hydrogen (secondary N) is 2. The van der Waals surface area contributed by atoms with Crippen LogP contribution in [0.2, 0.25) is 0 Å². The second-order valence-corrected chi connectivity index (χ2v) is 7.20. The van der Waals surface area contributed by atoms with Crippen LogP contribution >= 0.6 is 23.1 Å². The molecule has 3 aromatic rings. The van der Waals surface area contributed by atoms with E-state index in [2.05, 4.69) is 15.3 Å². The smallest absolute Gasteiger partial charge is 0.260 e. The summed E-state index contributed by atoms with van der Waals surface area (Å²) in [6, 6.07) is 11.5. The van der Waals surface area contributed by atoms with Crippen molar-refractivity contribution in [1.82, 2.24) is 15.3 Å². The molecule has 7 heteroatoms. The third-order valence-corrected chi connectivity index (χ3v) is 5.07. The Bertz CT molecular complexity index is 874. The van der Waals surface area contributed by atoms with Crippen molar-refractivity contribution < 1.29 is 4.79 Å². The molecule has 1 atom stereocenters. The second kappa shape index (κ2) is 6.97. The molecule has 1 amide bonds. The summed E-state index contributed by atoms with van der Waals surface area (Å²) in [6.07, 6.45) is 0. The van der Waals surface area contributed by atoms with Gasteiger partial charge < -0.3 is 10.3 Å². The summed E-state index contributed by atoms with van der Waals surface area (Å²) in [5, 5.41) is 5.42. The van der Waals surface area contributed by atoms with E-state index in [1.807, 2.05) is 35.7 Å². The highest BCUT2D eigenvalue weighted by Gasteiger charge is 2.16. The van der Waals surface area contributed by atoms with Gasteiger partial charge in [0.05, 0.1) is 10.6 Å². The molecule has 0 radical (unpaired) electrons. The topological polar surface area (TPSA) is 74.8 Å². The summed E-state index contributed by atoms with van der Waals surface area (Å²) in [5.41, 5.74) is 0.875. The number of aromatic amines is 1. The summed E-state index contributed by atoms with van der Waals surface area (Å²) >= 11 is 2.66. The second-order valence-electron chi connectivity index (χ2n) is 4.97. The fraction of sp³-hybridized carbons (Fsp3) is 0.188. The first kappa shape index (κ1) is 15.8. The molecule has 0 saturated heterocycles. The number of carbonyl (C=O) groups excluding carboxylic acids is 1. The highest BCUT2D eigenvalue weighted by molar-refractivity contribution is 8.00. The molecule has 0 fully saturated rings. The van der Waals surface area contributed by atoms with Gasteiger partial charge in [0.25, 0.3) is 5.56 Å². The Balaban J connectivity index is 1.64. The molecule has 118 valence electrons. The number of aromatic nitrogens is 2. The number of hydrogen-bond donors (Lipinski definition) is 2. The largest absolute Gasteiger partial charge is 0.351 e. The van der Waals surface area contributed by atoms with Gasteiger partial charge in [-0.25, -0.2) is 4.98 Å². The number of H-pyrrole nitrogens is 1. The van der Waals surface area contributed by atoms with Crippen molar-refractivity contribution in [3.05, 3.63) is 57.7 Å². The molecule has 1 unspecified atom stereocenters. The predicted octanol–water partition coefficient (Wildman–Crippen LogP) is 2.78. The van der Waals surface area contributed by atoms with E-state index in [1.54, 1.807) is 13.0 Å². The maximum absolute atomic E-state index is 12.2. The minimum Gasteiger partial charge on any atom is -0.351 e. The van der Waals surface area contributed by atoms with Crippen LogP contribution in [0.5, 0.6) is 0 Å². The Morgan fingerprint density at radius 2 is 2.13 bits per heavy atom. The maximum Gasteiger partial charge on any atom is 0.260 e. The summed E-state index contributed by atoms with van der Waals surface area (Å²) in [5.74, 6) is -0.0900. The molecule has 2 heterocycles. The lowest BCUT2D eigenvalue weighted by Gasteiger charge is -2.11. The van der Waals surface area contributed by atoms with Gasteiger partial charge in [0.1, 0.15) is 4.83 Å². The zero-order chi connectivity index (χ0) is 16.2. The lowest BCUT2D eigenvalue weighted by Crippen LogP contribution is -2.30. The van der Waals surface area contributed by atoms with Crippen molar-refractivity contribution in [2.45, 2.75) is 23.9 Å². The fourth-order valence-corrected chi connectivity index (χ4v) is 3.69. The van der Waals surface area contributed by atoms with Gasteiger partial charge in [-0.05, 0) is 23.9 Å². The van der Waals surface area contributed by atoms with E-state index in [4.69, 9.17) is 0 Å². The molecule has 1 aromatic carbocycles. The minimum absolute atomic E-state index is 0.0900. The number of fused-ring (bicyclic) bond motifs is 1. The van der Waals surface area contributed by atoms with E-state index in [9.17, 15) is 9.59 Å². The standard InChI is InChI=1S/C16H15N3O2S2/c1-10(13(20)17-9-11-5-3-2-4-6-11)23-16-18-14(21)12-7-8-22-15(12)19-16/h2-8,10H,9H2,1H3,(H,17,20)(H,18,19,21). The molecule has 2 aromatic heterocycles. The zero-order valence-electron chi connectivity index (χ0n) is 12.4. The minimum atomic E-state index is -0.348. The van der Waals surface area contributed by atoms with Gasteiger partial charge >= 0.3 is 0 Å². The fourth-order valence-electron chi connectivity index (χ4n) is 2.05. The van der Waals surface area contributed by atoms with Crippen molar-refractivity contribution >= 4 is 39.2 Å². The van der Waals surface area contributed by atoms with Crippen LogP contribution in [-0.2, 0) is 11.3 Å². The molecule has 2 N–H and O–H groups in total. The van der Waals surface area contributed by atoms with E-state index in [0.29, 0.717) is 21.9 Å². The Kier molecular flexibility index (Phi) is 4.78. The molecule has 0 aliphatic rings. The van der Waals surface area contributed by atoms with Crippen LogP contribution in [-0.4, -0.2) is 21.1 Å². The van der Waals surface area contributed by atoms with Gasteiger partial charge in [-0.15, -0.1) is 11.3 Å². The molecule has 0 aliphatic carbocycles. The third kappa shape index (κ3) is 3.80. The number of nitrogens with zero attached hydrogens (tertiary/aromatic N) is 1. The third-order valence-electron chi connectivity index (χ3n) is 3.28. The Morgan fingerprint density at radius 1 is 1.35 bits per heavy atom.